The van der Waals surface area contributed by atoms with E-state index in [1.54, 1.807) is 7.05 Å². The topological polar surface area (TPSA) is 66.8 Å². The summed E-state index contributed by atoms with van der Waals surface area (Å²) in [6, 6.07) is 16.3. The molecule has 0 bridgehead atoms. The maximum absolute atomic E-state index is 12.9. The van der Waals surface area contributed by atoms with Crippen LogP contribution in [0.15, 0.2) is 48.5 Å². The molecule has 1 unspecified atom stereocenters. The number of hydrogen-bond acceptors (Lipinski definition) is 3. The van der Waals surface area contributed by atoms with Crippen molar-refractivity contribution in [1.82, 2.24) is 4.90 Å². The van der Waals surface area contributed by atoms with Crippen molar-refractivity contribution in [3.05, 3.63) is 59.7 Å². The number of carbonyl (C=O) groups excluding carboxylic acids is 1. The van der Waals surface area contributed by atoms with Crippen LogP contribution >= 0.6 is 0 Å². The largest absolute Gasteiger partial charge is 0.479 e. The molecule has 5 heteroatoms. The molecule has 1 N–H and O–H groups in total. The summed E-state index contributed by atoms with van der Waals surface area (Å²) < 4.78 is 5.71. The van der Waals surface area contributed by atoms with Crippen LogP contribution in [0.3, 0.4) is 0 Å². The number of amides is 1. The molecular weight excluding hydrogens is 366 g/mol. The number of likely N-dealkylation sites (N-methyl/N-ethyl adjacent to an activating group) is 1. The third kappa shape index (κ3) is 2.83. The minimum Gasteiger partial charge on any atom is -0.479 e. The Labute approximate surface area is 171 Å². The van der Waals surface area contributed by atoms with Crippen LogP contribution in [0.5, 0.6) is 0 Å². The molecule has 0 spiro atoms. The molecule has 4 rings (SSSR count). The SMILES string of the molecule is CN(C(=O)OCC1c2ccccc2-c2ccccc21)C1(C(=O)O)CCCC1(C)C. The van der Waals surface area contributed by atoms with E-state index in [0.29, 0.717) is 6.42 Å². The third-order valence-corrected chi connectivity index (χ3v) is 7.00. The minimum atomic E-state index is -1.24. The van der Waals surface area contributed by atoms with Gasteiger partial charge in [-0.25, -0.2) is 9.59 Å². The van der Waals surface area contributed by atoms with Gasteiger partial charge in [0.15, 0.2) is 0 Å². The van der Waals surface area contributed by atoms with Crippen LogP contribution in [0.2, 0.25) is 0 Å². The van der Waals surface area contributed by atoms with Gasteiger partial charge in [0.2, 0.25) is 0 Å². The minimum absolute atomic E-state index is 0.0443. The zero-order valence-corrected chi connectivity index (χ0v) is 17.1. The van der Waals surface area contributed by atoms with Gasteiger partial charge in [-0.3, -0.25) is 4.90 Å². The summed E-state index contributed by atoms with van der Waals surface area (Å²) in [6.45, 7) is 4.02. The average molecular weight is 393 g/mol. The number of benzene rings is 2. The van der Waals surface area contributed by atoms with Crippen molar-refractivity contribution in [2.24, 2.45) is 5.41 Å². The number of hydrogen-bond donors (Lipinski definition) is 1. The van der Waals surface area contributed by atoms with Crippen molar-refractivity contribution in [3.8, 4) is 11.1 Å². The average Bonchev–Trinajstić information content (AvgIpc) is 3.20. The Bertz CT molecular complexity index is 921. The van der Waals surface area contributed by atoms with Crippen LogP contribution in [0.4, 0.5) is 4.79 Å². The van der Waals surface area contributed by atoms with E-state index in [4.69, 9.17) is 4.74 Å². The number of carboxylic acid groups (broad SMARTS) is 1. The first-order valence-corrected chi connectivity index (χ1v) is 10.1. The monoisotopic (exact) mass is 393 g/mol. The first-order valence-electron chi connectivity index (χ1n) is 10.1. The molecule has 2 aromatic rings. The Morgan fingerprint density at radius 2 is 1.59 bits per heavy atom. The second-order valence-corrected chi connectivity index (χ2v) is 8.77. The third-order valence-electron chi connectivity index (χ3n) is 7.00. The van der Waals surface area contributed by atoms with Gasteiger partial charge in [-0.15, -0.1) is 0 Å². The zero-order valence-electron chi connectivity index (χ0n) is 17.1. The lowest BCUT2D eigenvalue weighted by molar-refractivity contribution is -0.156. The van der Waals surface area contributed by atoms with Crippen LogP contribution in [-0.4, -0.2) is 41.3 Å². The van der Waals surface area contributed by atoms with Gasteiger partial charge in [0, 0.05) is 13.0 Å². The first kappa shape index (κ1) is 19.5. The molecule has 2 aliphatic carbocycles. The van der Waals surface area contributed by atoms with Gasteiger partial charge in [-0.2, -0.15) is 0 Å². The van der Waals surface area contributed by atoms with Gasteiger partial charge in [0.05, 0.1) is 0 Å². The van der Waals surface area contributed by atoms with Gasteiger partial charge in [0.1, 0.15) is 12.1 Å². The van der Waals surface area contributed by atoms with Crippen molar-refractivity contribution in [3.63, 3.8) is 0 Å². The van der Waals surface area contributed by atoms with Crippen molar-refractivity contribution < 1.29 is 19.4 Å². The Hall–Kier alpha value is -2.82. The summed E-state index contributed by atoms with van der Waals surface area (Å²) in [5.74, 6) is -1.01. The predicted octanol–water partition coefficient (Wildman–Crippen LogP) is 4.90. The molecule has 29 heavy (non-hydrogen) atoms. The first-order chi connectivity index (χ1) is 13.8. The predicted molar refractivity (Wildman–Crippen MR) is 111 cm³/mol. The van der Waals surface area contributed by atoms with E-state index in [1.165, 1.54) is 4.90 Å². The highest BCUT2D eigenvalue weighted by Crippen LogP contribution is 2.50. The highest BCUT2D eigenvalue weighted by molar-refractivity contribution is 5.86. The molecule has 1 saturated carbocycles. The molecule has 0 aliphatic heterocycles. The number of ether oxygens (including phenoxy) is 1. The highest BCUT2D eigenvalue weighted by Gasteiger charge is 2.59. The fourth-order valence-electron chi connectivity index (χ4n) is 5.34. The molecule has 1 fully saturated rings. The van der Waals surface area contributed by atoms with E-state index < -0.39 is 23.0 Å². The standard InChI is InChI=1S/C24H27NO4/c1-23(2)13-8-14-24(23,21(26)27)25(3)22(28)29-15-20-18-11-6-4-9-16(18)17-10-5-7-12-19(17)20/h4-7,9-12,20H,8,13-15H2,1-3H3,(H,26,27). The van der Waals surface area contributed by atoms with Crippen LogP contribution in [0.25, 0.3) is 11.1 Å². The fraction of sp³-hybridized carbons (Fsp3) is 0.417. The van der Waals surface area contributed by atoms with Crippen molar-refractivity contribution in [1.29, 1.82) is 0 Å². The normalized spacial score (nSPS) is 22.0. The maximum atomic E-state index is 12.9. The molecule has 1 atom stereocenters. The summed E-state index contributed by atoms with van der Waals surface area (Å²) in [4.78, 5) is 26.5. The summed E-state index contributed by atoms with van der Waals surface area (Å²) in [7, 11) is 1.56. The van der Waals surface area contributed by atoms with E-state index in [9.17, 15) is 14.7 Å². The van der Waals surface area contributed by atoms with Gasteiger partial charge in [-0.1, -0.05) is 62.4 Å². The van der Waals surface area contributed by atoms with Crippen LogP contribution in [-0.2, 0) is 9.53 Å². The molecule has 1 amide bonds. The summed E-state index contributed by atoms with van der Waals surface area (Å²) >= 11 is 0. The second kappa shape index (κ2) is 6.90. The quantitative estimate of drug-likeness (QED) is 0.802. The summed E-state index contributed by atoms with van der Waals surface area (Å²) in [5.41, 5.74) is 2.85. The van der Waals surface area contributed by atoms with E-state index in [-0.39, 0.29) is 12.5 Å². The van der Waals surface area contributed by atoms with E-state index >= 15 is 0 Å². The smallest absolute Gasteiger partial charge is 0.410 e. The lowest BCUT2D eigenvalue weighted by atomic mass is 9.74. The molecule has 0 radical (unpaired) electrons. The Kier molecular flexibility index (Phi) is 4.64. The molecule has 152 valence electrons. The number of aliphatic carboxylic acids is 1. The molecule has 0 heterocycles. The van der Waals surface area contributed by atoms with Crippen molar-refractivity contribution in [2.75, 3.05) is 13.7 Å². The number of carbonyl (C=O) groups is 2. The number of rotatable bonds is 4. The summed E-state index contributed by atoms with van der Waals surface area (Å²) in [5, 5.41) is 10.0. The lowest BCUT2D eigenvalue weighted by Gasteiger charge is -2.43. The van der Waals surface area contributed by atoms with Gasteiger partial charge in [0.25, 0.3) is 0 Å². The second-order valence-electron chi connectivity index (χ2n) is 8.77. The van der Waals surface area contributed by atoms with E-state index in [2.05, 4.69) is 24.3 Å². The van der Waals surface area contributed by atoms with Gasteiger partial charge >= 0.3 is 12.1 Å². The number of nitrogens with zero attached hydrogens (tertiary/aromatic N) is 1. The van der Waals surface area contributed by atoms with Crippen molar-refractivity contribution >= 4 is 12.1 Å². The maximum Gasteiger partial charge on any atom is 0.410 e. The Morgan fingerprint density at radius 3 is 2.07 bits per heavy atom. The molecular formula is C24H27NO4. The Morgan fingerprint density at radius 1 is 1.03 bits per heavy atom. The molecule has 2 aromatic carbocycles. The Balaban J connectivity index is 1.57. The van der Waals surface area contributed by atoms with E-state index in [1.807, 2.05) is 38.1 Å². The lowest BCUT2D eigenvalue weighted by Crippen LogP contribution is -2.61. The van der Waals surface area contributed by atoms with Crippen LogP contribution in [0.1, 0.15) is 50.2 Å². The fourth-order valence-corrected chi connectivity index (χ4v) is 5.34. The van der Waals surface area contributed by atoms with Crippen LogP contribution < -0.4 is 0 Å². The molecule has 0 saturated heterocycles. The number of fused-ring (bicyclic) bond motifs is 3. The molecule has 5 nitrogen and oxygen atoms in total. The summed E-state index contributed by atoms with van der Waals surface area (Å²) in [6.07, 6.45) is 1.40. The number of carboxylic acids is 1. The molecule has 0 aromatic heterocycles. The molecule has 2 aliphatic rings. The van der Waals surface area contributed by atoms with Gasteiger partial charge in [-0.05, 0) is 46.9 Å². The van der Waals surface area contributed by atoms with Crippen LogP contribution in [0, 0.1) is 5.41 Å². The van der Waals surface area contributed by atoms with E-state index in [0.717, 1.165) is 35.1 Å². The van der Waals surface area contributed by atoms with Gasteiger partial charge < -0.3 is 9.84 Å². The zero-order chi connectivity index (χ0) is 20.8. The highest BCUT2D eigenvalue weighted by atomic mass is 16.6. The van der Waals surface area contributed by atoms with Crippen molar-refractivity contribution in [2.45, 2.75) is 44.6 Å².